The molecule has 26 heavy (non-hydrogen) atoms. The van der Waals surface area contributed by atoms with Crippen LogP contribution in [-0.2, 0) is 14.8 Å². The van der Waals surface area contributed by atoms with Crippen LogP contribution < -0.4 is 14.4 Å². The Kier molecular flexibility index (Phi) is 6.54. The van der Waals surface area contributed by atoms with Gasteiger partial charge in [0.2, 0.25) is 15.9 Å². The second-order valence-electron chi connectivity index (χ2n) is 5.62. The molecule has 0 aliphatic carbocycles. The van der Waals surface area contributed by atoms with Crippen LogP contribution in [0.25, 0.3) is 0 Å². The van der Waals surface area contributed by atoms with Crippen molar-refractivity contribution in [3.8, 4) is 5.75 Å². The van der Waals surface area contributed by atoms with E-state index in [-0.39, 0.29) is 0 Å². The topological polar surface area (TPSA) is 75.7 Å². The van der Waals surface area contributed by atoms with E-state index in [1.54, 1.807) is 36.4 Å². The first-order valence-corrected chi connectivity index (χ1v) is 10.5. The smallest absolute Gasteiger partial charge is 0.245 e. The van der Waals surface area contributed by atoms with Crippen LogP contribution in [0.2, 0.25) is 5.02 Å². The number of benzene rings is 2. The van der Waals surface area contributed by atoms with Gasteiger partial charge in [-0.3, -0.25) is 9.10 Å². The van der Waals surface area contributed by atoms with Gasteiger partial charge in [0.15, 0.2) is 0 Å². The van der Waals surface area contributed by atoms with Crippen LogP contribution in [0.15, 0.2) is 40.9 Å². The van der Waals surface area contributed by atoms with E-state index in [1.807, 2.05) is 6.92 Å². The summed E-state index contributed by atoms with van der Waals surface area (Å²) in [5, 5.41) is 3.08. The van der Waals surface area contributed by atoms with E-state index < -0.39 is 22.5 Å². The van der Waals surface area contributed by atoms with Crippen molar-refractivity contribution in [1.29, 1.82) is 0 Å². The highest BCUT2D eigenvalue weighted by molar-refractivity contribution is 9.10. The van der Waals surface area contributed by atoms with E-state index in [0.717, 1.165) is 16.1 Å². The number of hydrogen-bond acceptors (Lipinski definition) is 4. The molecule has 2 aromatic rings. The summed E-state index contributed by atoms with van der Waals surface area (Å²) in [5.41, 5.74) is 1.61. The van der Waals surface area contributed by atoms with Gasteiger partial charge < -0.3 is 10.1 Å². The van der Waals surface area contributed by atoms with Gasteiger partial charge in [0, 0.05) is 10.2 Å². The summed E-state index contributed by atoms with van der Waals surface area (Å²) in [7, 11) is -2.27. The molecule has 140 valence electrons. The summed E-state index contributed by atoms with van der Waals surface area (Å²) >= 11 is 9.28. The molecule has 1 amide bonds. The van der Waals surface area contributed by atoms with Crippen molar-refractivity contribution in [3.05, 3.63) is 51.5 Å². The Labute approximate surface area is 166 Å². The van der Waals surface area contributed by atoms with Crippen LogP contribution in [0.3, 0.4) is 0 Å². The molecule has 0 radical (unpaired) electrons. The van der Waals surface area contributed by atoms with Crippen LogP contribution >= 0.6 is 27.5 Å². The lowest BCUT2D eigenvalue weighted by molar-refractivity contribution is -0.114. The second-order valence-corrected chi connectivity index (χ2v) is 8.79. The van der Waals surface area contributed by atoms with Gasteiger partial charge in [-0.05, 0) is 58.7 Å². The number of hydrogen-bond donors (Lipinski definition) is 1. The minimum atomic E-state index is -3.71. The second kappa shape index (κ2) is 8.28. The fourth-order valence-electron chi connectivity index (χ4n) is 2.28. The SMILES string of the molecule is COc1ccc(C)cc1N(CC(=O)Nc1ccc(Br)c(Cl)c1)S(C)(=O)=O. The zero-order valence-electron chi connectivity index (χ0n) is 14.4. The fraction of sp³-hybridized carbons (Fsp3) is 0.235. The lowest BCUT2D eigenvalue weighted by Gasteiger charge is -2.24. The number of nitrogens with zero attached hydrogens (tertiary/aromatic N) is 1. The standard InChI is InChI=1S/C17H18BrClN2O4S/c1-11-4-7-16(25-2)15(8-11)21(26(3,23)24)10-17(22)20-12-5-6-13(18)14(19)9-12/h4-9H,10H2,1-3H3,(H,20,22). The largest absolute Gasteiger partial charge is 0.495 e. The van der Waals surface area contributed by atoms with Crippen molar-refractivity contribution in [2.45, 2.75) is 6.92 Å². The maximum atomic E-state index is 12.4. The molecule has 0 aromatic heterocycles. The van der Waals surface area contributed by atoms with Crippen molar-refractivity contribution in [2.24, 2.45) is 0 Å². The van der Waals surface area contributed by atoms with Crippen LogP contribution in [-0.4, -0.2) is 34.2 Å². The summed E-state index contributed by atoms with van der Waals surface area (Å²) in [6.45, 7) is 1.43. The fourth-order valence-corrected chi connectivity index (χ4v) is 3.56. The Morgan fingerprint density at radius 1 is 1.27 bits per heavy atom. The molecule has 9 heteroatoms. The molecule has 0 aliphatic rings. The number of rotatable bonds is 6. The lowest BCUT2D eigenvalue weighted by Crippen LogP contribution is -2.37. The van der Waals surface area contributed by atoms with Gasteiger partial charge in [-0.2, -0.15) is 0 Å². The minimum Gasteiger partial charge on any atom is -0.495 e. The Bertz CT molecular complexity index is 934. The summed E-state index contributed by atoms with van der Waals surface area (Å²) < 4.78 is 31.5. The summed E-state index contributed by atoms with van der Waals surface area (Å²) in [5.74, 6) is -0.141. The Morgan fingerprint density at radius 3 is 2.54 bits per heavy atom. The molecule has 1 N–H and O–H groups in total. The Balaban J connectivity index is 2.30. The third-order valence-corrected chi connectivity index (χ3v) is 5.85. The van der Waals surface area contributed by atoms with E-state index in [2.05, 4.69) is 21.2 Å². The Morgan fingerprint density at radius 2 is 1.96 bits per heavy atom. The van der Waals surface area contributed by atoms with Gasteiger partial charge >= 0.3 is 0 Å². The molecule has 0 aliphatic heterocycles. The minimum absolute atomic E-state index is 0.305. The van der Waals surface area contributed by atoms with Crippen LogP contribution in [0, 0.1) is 6.92 Å². The summed E-state index contributed by atoms with van der Waals surface area (Å²) in [4.78, 5) is 12.4. The zero-order chi connectivity index (χ0) is 19.5. The molecule has 0 fully saturated rings. The van der Waals surface area contributed by atoms with Gasteiger partial charge in [-0.1, -0.05) is 17.7 Å². The average molecular weight is 462 g/mol. The first kappa shape index (κ1) is 20.5. The number of ether oxygens (including phenoxy) is 1. The van der Waals surface area contributed by atoms with Crippen LogP contribution in [0.5, 0.6) is 5.75 Å². The molecular weight excluding hydrogens is 444 g/mol. The predicted octanol–water partition coefficient (Wildman–Crippen LogP) is 3.82. The van der Waals surface area contributed by atoms with E-state index in [9.17, 15) is 13.2 Å². The van der Waals surface area contributed by atoms with Crippen molar-refractivity contribution < 1.29 is 17.9 Å². The van der Waals surface area contributed by atoms with E-state index in [0.29, 0.717) is 26.6 Å². The van der Waals surface area contributed by atoms with Gasteiger partial charge in [-0.15, -0.1) is 0 Å². The van der Waals surface area contributed by atoms with Crippen molar-refractivity contribution in [2.75, 3.05) is 29.5 Å². The first-order valence-electron chi connectivity index (χ1n) is 7.49. The number of sulfonamides is 1. The van der Waals surface area contributed by atoms with Crippen molar-refractivity contribution in [3.63, 3.8) is 0 Å². The van der Waals surface area contributed by atoms with E-state index in [1.165, 1.54) is 7.11 Å². The monoisotopic (exact) mass is 460 g/mol. The molecule has 2 aromatic carbocycles. The maximum absolute atomic E-state index is 12.4. The van der Waals surface area contributed by atoms with Crippen molar-refractivity contribution >= 4 is 54.8 Å². The highest BCUT2D eigenvalue weighted by Crippen LogP contribution is 2.31. The Hall–Kier alpha value is -1.77. The van der Waals surface area contributed by atoms with Gasteiger partial charge in [0.05, 0.1) is 24.1 Å². The lowest BCUT2D eigenvalue weighted by atomic mass is 10.2. The molecule has 0 saturated carbocycles. The highest BCUT2D eigenvalue weighted by atomic mass is 79.9. The van der Waals surface area contributed by atoms with Gasteiger partial charge in [0.25, 0.3) is 0 Å². The molecular formula is C17H18BrClN2O4S. The number of nitrogens with one attached hydrogen (secondary N) is 1. The molecule has 0 atom stereocenters. The molecule has 0 spiro atoms. The molecule has 0 unspecified atom stereocenters. The number of methoxy groups -OCH3 is 1. The quantitative estimate of drug-likeness (QED) is 0.709. The highest BCUT2D eigenvalue weighted by Gasteiger charge is 2.24. The van der Waals surface area contributed by atoms with E-state index >= 15 is 0 Å². The molecule has 0 bridgehead atoms. The summed E-state index contributed by atoms with van der Waals surface area (Å²) in [6.07, 6.45) is 1.04. The number of halogens is 2. The third kappa shape index (κ3) is 5.12. The number of carbonyl (C=O) groups is 1. The first-order chi connectivity index (χ1) is 12.1. The summed E-state index contributed by atoms with van der Waals surface area (Å²) in [6, 6.07) is 10.0. The number of aryl methyl sites for hydroxylation is 1. The van der Waals surface area contributed by atoms with E-state index in [4.69, 9.17) is 16.3 Å². The predicted molar refractivity (Wildman–Crippen MR) is 108 cm³/mol. The van der Waals surface area contributed by atoms with Crippen LogP contribution in [0.4, 0.5) is 11.4 Å². The molecule has 6 nitrogen and oxygen atoms in total. The number of amides is 1. The maximum Gasteiger partial charge on any atom is 0.245 e. The van der Waals surface area contributed by atoms with Gasteiger partial charge in [-0.25, -0.2) is 8.42 Å². The van der Waals surface area contributed by atoms with Crippen LogP contribution in [0.1, 0.15) is 5.56 Å². The van der Waals surface area contributed by atoms with Crippen molar-refractivity contribution in [1.82, 2.24) is 0 Å². The molecule has 0 heterocycles. The number of carbonyl (C=O) groups excluding carboxylic acids is 1. The zero-order valence-corrected chi connectivity index (χ0v) is 17.6. The number of anilines is 2. The normalized spacial score (nSPS) is 11.1. The average Bonchev–Trinajstić information content (AvgIpc) is 2.55. The molecule has 0 saturated heterocycles. The third-order valence-electron chi connectivity index (χ3n) is 3.49. The van der Waals surface area contributed by atoms with Gasteiger partial charge in [0.1, 0.15) is 12.3 Å². The molecule has 2 rings (SSSR count).